The Balaban J connectivity index is 2.01. The standard InChI is InChI=1S/C19H18N2O2/c1-12-10-13(19(22)23)6-7-14(12)18-15-4-2-3-5-16(15)21-11-20-9-8-17(18)21/h2-7,10,20H,8-9,11H2,1H3,(H,22,23). The van der Waals surface area contributed by atoms with Crippen LogP contribution in [0.25, 0.3) is 22.0 Å². The molecule has 4 rings (SSSR count). The highest BCUT2D eigenvalue weighted by Crippen LogP contribution is 2.37. The molecule has 4 nitrogen and oxygen atoms in total. The van der Waals surface area contributed by atoms with E-state index in [4.69, 9.17) is 0 Å². The molecule has 1 aliphatic rings. The largest absolute Gasteiger partial charge is 0.478 e. The average molecular weight is 306 g/mol. The summed E-state index contributed by atoms with van der Waals surface area (Å²) in [6, 6.07) is 13.8. The van der Waals surface area contributed by atoms with Gasteiger partial charge in [-0.1, -0.05) is 24.3 Å². The van der Waals surface area contributed by atoms with Gasteiger partial charge in [0.25, 0.3) is 0 Å². The second kappa shape index (κ2) is 5.25. The van der Waals surface area contributed by atoms with E-state index in [2.05, 4.69) is 34.1 Å². The van der Waals surface area contributed by atoms with Crippen LogP contribution in [0.15, 0.2) is 42.5 Å². The lowest BCUT2D eigenvalue weighted by Gasteiger charge is -2.19. The molecule has 2 aromatic carbocycles. The van der Waals surface area contributed by atoms with E-state index in [0.29, 0.717) is 5.56 Å². The van der Waals surface area contributed by atoms with Crippen molar-refractivity contribution in [3.8, 4) is 11.1 Å². The molecule has 0 saturated carbocycles. The van der Waals surface area contributed by atoms with Gasteiger partial charge in [-0.3, -0.25) is 5.32 Å². The van der Waals surface area contributed by atoms with E-state index in [-0.39, 0.29) is 0 Å². The number of hydrogen-bond acceptors (Lipinski definition) is 2. The molecule has 1 aromatic heterocycles. The molecule has 0 atom stereocenters. The molecule has 4 heteroatoms. The van der Waals surface area contributed by atoms with E-state index in [0.717, 1.165) is 30.8 Å². The first-order valence-electron chi connectivity index (χ1n) is 7.82. The summed E-state index contributed by atoms with van der Waals surface area (Å²) in [6.45, 7) is 3.78. The van der Waals surface area contributed by atoms with Crippen molar-refractivity contribution >= 4 is 16.9 Å². The monoisotopic (exact) mass is 306 g/mol. The number of benzene rings is 2. The van der Waals surface area contributed by atoms with Gasteiger partial charge >= 0.3 is 5.97 Å². The van der Waals surface area contributed by atoms with Crippen molar-refractivity contribution in [3.05, 3.63) is 59.3 Å². The lowest BCUT2D eigenvalue weighted by Crippen LogP contribution is -2.28. The number of aromatic nitrogens is 1. The van der Waals surface area contributed by atoms with Crippen molar-refractivity contribution in [2.75, 3.05) is 6.54 Å². The lowest BCUT2D eigenvalue weighted by atomic mass is 9.95. The van der Waals surface area contributed by atoms with Crippen LogP contribution >= 0.6 is 0 Å². The highest BCUT2D eigenvalue weighted by molar-refractivity contribution is 5.99. The molecular weight excluding hydrogens is 288 g/mol. The van der Waals surface area contributed by atoms with Gasteiger partial charge in [-0.05, 0) is 36.2 Å². The van der Waals surface area contributed by atoms with E-state index >= 15 is 0 Å². The van der Waals surface area contributed by atoms with E-state index in [1.807, 2.05) is 13.0 Å². The maximum absolute atomic E-state index is 11.2. The maximum atomic E-state index is 11.2. The highest BCUT2D eigenvalue weighted by Gasteiger charge is 2.21. The number of aromatic carboxylic acids is 1. The smallest absolute Gasteiger partial charge is 0.335 e. The zero-order chi connectivity index (χ0) is 16.0. The summed E-state index contributed by atoms with van der Waals surface area (Å²) in [7, 11) is 0. The summed E-state index contributed by atoms with van der Waals surface area (Å²) in [5, 5.41) is 13.8. The molecule has 3 aromatic rings. The van der Waals surface area contributed by atoms with Gasteiger partial charge < -0.3 is 9.67 Å². The molecule has 0 aliphatic carbocycles. The number of hydrogen-bond donors (Lipinski definition) is 2. The van der Waals surface area contributed by atoms with Gasteiger partial charge in [0.2, 0.25) is 0 Å². The van der Waals surface area contributed by atoms with Crippen molar-refractivity contribution in [1.29, 1.82) is 0 Å². The third-order valence-corrected chi connectivity index (χ3v) is 4.63. The van der Waals surface area contributed by atoms with Gasteiger partial charge in [0.15, 0.2) is 0 Å². The van der Waals surface area contributed by atoms with Crippen LogP contribution in [0, 0.1) is 6.92 Å². The van der Waals surface area contributed by atoms with Crippen molar-refractivity contribution in [1.82, 2.24) is 9.88 Å². The molecule has 0 fully saturated rings. The van der Waals surface area contributed by atoms with Crippen LogP contribution in [-0.2, 0) is 13.1 Å². The van der Waals surface area contributed by atoms with E-state index in [1.54, 1.807) is 12.1 Å². The van der Waals surface area contributed by atoms with Crippen LogP contribution in [-0.4, -0.2) is 22.2 Å². The fourth-order valence-corrected chi connectivity index (χ4v) is 3.57. The number of para-hydroxylation sites is 1. The predicted molar refractivity (Wildman–Crippen MR) is 90.8 cm³/mol. The molecule has 0 radical (unpaired) electrons. The van der Waals surface area contributed by atoms with Crippen molar-refractivity contribution in [2.24, 2.45) is 0 Å². The summed E-state index contributed by atoms with van der Waals surface area (Å²) in [5.41, 5.74) is 6.27. The van der Waals surface area contributed by atoms with E-state index < -0.39 is 5.97 Å². The Morgan fingerprint density at radius 3 is 2.83 bits per heavy atom. The fraction of sp³-hybridized carbons (Fsp3) is 0.211. The number of carbonyl (C=O) groups is 1. The highest BCUT2D eigenvalue weighted by atomic mass is 16.4. The zero-order valence-electron chi connectivity index (χ0n) is 13.0. The predicted octanol–water partition coefficient (Wildman–Crippen LogP) is 3.42. The number of fused-ring (bicyclic) bond motifs is 3. The van der Waals surface area contributed by atoms with Gasteiger partial charge in [-0.15, -0.1) is 0 Å². The number of nitrogens with one attached hydrogen (secondary N) is 1. The molecule has 2 N–H and O–H groups in total. The molecule has 0 bridgehead atoms. The fourth-order valence-electron chi connectivity index (χ4n) is 3.57. The summed E-state index contributed by atoms with van der Waals surface area (Å²) in [5.74, 6) is -0.882. The number of carboxylic acid groups (broad SMARTS) is 1. The third-order valence-electron chi connectivity index (χ3n) is 4.63. The minimum absolute atomic E-state index is 0.338. The minimum atomic E-state index is -0.882. The van der Waals surface area contributed by atoms with Crippen molar-refractivity contribution < 1.29 is 9.90 Å². The maximum Gasteiger partial charge on any atom is 0.335 e. The van der Waals surface area contributed by atoms with Crippen LogP contribution in [0.2, 0.25) is 0 Å². The number of carboxylic acids is 1. The average Bonchev–Trinajstić information content (AvgIpc) is 2.89. The Labute approximate surface area is 134 Å². The second-order valence-corrected chi connectivity index (χ2v) is 6.01. The molecule has 116 valence electrons. The number of nitrogens with zero attached hydrogens (tertiary/aromatic N) is 1. The summed E-state index contributed by atoms with van der Waals surface area (Å²) >= 11 is 0. The van der Waals surface area contributed by atoms with Gasteiger partial charge in [-0.2, -0.15) is 0 Å². The van der Waals surface area contributed by atoms with Gasteiger partial charge in [0, 0.05) is 35.1 Å². The Hall–Kier alpha value is -2.59. The van der Waals surface area contributed by atoms with Gasteiger partial charge in [0.05, 0.1) is 12.2 Å². The van der Waals surface area contributed by atoms with Gasteiger partial charge in [0.1, 0.15) is 0 Å². The molecular formula is C19H18N2O2. The quantitative estimate of drug-likeness (QED) is 0.763. The van der Waals surface area contributed by atoms with Crippen LogP contribution in [0.3, 0.4) is 0 Å². The third kappa shape index (κ3) is 2.14. The summed E-state index contributed by atoms with van der Waals surface area (Å²) < 4.78 is 2.33. The van der Waals surface area contributed by atoms with Gasteiger partial charge in [-0.25, -0.2) is 4.79 Å². The van der Waals surface area contributed by atoms with Crippen LogP contribution in [0.5, 0.6) is 0 Å². The minimum Gasteiger partial charge on any atom is -0.478 e. The van der Waals surface area contributed by atoms with Crippen LogP contribution < -0.4 is 5.32 Å². The second-order valence-electron chi connectivity index (χ2n) is 6.01. The molecule has 0 spiro atoms. The van der Waals surface area contributed by atoms with Crippen molar-refractivity contribution in [3.63, 3.8) is 0 Å². The first kappa shape index (κ1) is 14.0. The molecule has 0 amide bonds. The Kier molecular flexibility index (Phi) is 3.20. The summed E-state index contributed by atoms with van der Waals surface area (Å²) in [4.78, 5) is 11.2. The zero-order valence-corrected chi connectivity index (χ0v) is 13.0. The molecule has 0 saturated heterocycles. The Bertz CT molecular complexity index is 925. The molecule has 23 heavy (non-hydrogen) atoms. The van der Waals surface area contributed by atoms with E-state index in [1.165, 1.54) is 22.2 Å². The number of aryl methyl sites for hydroxylation is 1. The van der Waals surface area contributed by atoms with Crippen LogP contribution in [0.4, 0.5) is 0 Å². The molecule has 2 heterocycles. The first-order valence-corrected chi connectivity index (χ1v) is 7.82. The Morgan fingerprint density at radius 2 is 2.04 bits per heavy atom. The SMILES string of the molecule is Cc1cc(C(=O)O)ccc1-c1c2n(c3ccccc13)CNCC2. The Morgan fingerprint density at radius 1 is 1.22 bits per heavy atom. The van der Waals surface area contributed by atoms with Crippen LogP contribution in [0.1, 0.15) is 21.6 Å². The molecule has 0 unspecified atom stereocenters. The lowest BCUT2D eigenvalue weighted by molar-refractivity contribution is 0.0697. The first-order chi connectivity index (χ1) is 11.2. The topological polar surface area (TPSA) is 54.3 Å². The molecule has 1 aliphatic heterocycles. The van der Waals surface area contributed by atoms with E-state index in [9.17, 15) is 9.90 Å². The number of rotatable bonds is 2. The summed E-state index contributed by atoms with van der Waals surface area (Å²) in [6.07, 6.45) is 0.976. The normalized spacial score (nSPS) is 14.0. The van der Waals surface area contributed by atoms with Crippen molar-refractivity contribution in [2.45, 2.75) is 20.0 Å².